The molecule has 1 rings (SSSR count). The summed E-state index contributed by atoms with van der Waals surface area (Å²) in [7, 11) is 0. The monoisotopic (exact) mass is 313 g/mol. The topological polar surface area (TPSA) is 26.0 Å². The van der Waals surface area contributed by atoms with Crippen molar-refractivity contribution in [2.75, 3.05) is 0 Å². The number of benzene rings is 1. The fourth-order valence-corrected chi connectivity index (χ4v) is 2.56. The van der Waals surface area contributed by atoms with Crippen molar-refractivity contribution in [3.63, 3.8) is 0 Å². The van der Waals surface area contributed by atoms with Gasteiger partial charge >= 0.3 is 12.4 Å². The third-order valence-electron chi connectivity index (χ3n) is 3.41. The van der Waals surface area contributed by atoms with E-state index in [0.717, 1.165) is 5.56 Å². The van der Waals surface area contributed by atoms with Crippen LogP contribution in [0.5, 0.6) is 0 Å². The maximum Gasteiger partial charge on any atom is 0.402 e. The molecule has 0 bridgehead atoms. The molecule has 7 heteroatoms. The molecule has 0 aromatic heterocycles. The lowest BCUT2D eigenvalue weighted by Gasteiger charge is -2.29. The normalized spacial score (nSPS) is 14.6. The lowest BCUT2D eigenvalue weighted by molar-refractivity contribution is -0.289. The van der Waals surface area contributed by atoms with Crippen LogP contribution in [-0.2, 0) is 6.42 Å². The molecular formula is C14H17F6N. The van der Waals surface area contributed by atoms with Crippen molar-refractivity contribution in [2.24, 2.45) is 11.7 Å². The van der Waals surface area contributed by atoms with Crippen LogP contribution in [0.3, 0.4) is 0 Å². The van der Waals surface area contributed by atoms with E-state index >= 15 is 0 Å². The van der Waals surface area contributed by atoms with Gasteiger partial charge in [0, 0.05) is 6.04 Å². The molecule has 0 aliphatic rings. The predicted molar refractivity (Wildman–Crippen MR) is 67.9 cm³/mol. The van der Waals surface area contributed by atoms with Crippen molar-refractivity contribution < 1.29 is 26.3 Å². The maximum atomic E-state index is 12.6. The number of halogens is 6. The van der Waals surface area contributed by atoms with Gasteiger partial charge in [-0.2, -0.15) is 26.3 Å². The van der Waals surface area contributed by atoms with E-state index in [4.69, 9.17) is 5.73 Å². The Morgan fingerprint density at radius 2 is 1.29 bits per heavy atom. The fourth-order valence-electron chi connectivity index (χ4n) is 2.56. The molecule has 2 N–H and O–H groups in total. The van der Waals surface area contributed by atoms with Gasteiger partial charge in [0.2, 0.25) is 0 Å². The summed E-state index contributed by atoms with van der Waals surface area (Å²) in [6.45, 7) is 5.11. The molecular weight excluding hydrogens is 296 g/mol. The molecule has 1 unspecified atom stereocenters. The Hall–Kier alpha value is -1.24. The average Bonchev–Trinajstić information content (AvgIpc) is 2.18. The van der Waals surface area contributed by atoms with Gasteiger partial charge in [-0.3, -0.25) is 0 Å². The second-order valence-corrected chi connectivity index (χ2v) is 5.31. The lowest BCUT2D eigenvalue weighted by atomic mass is 9.88. The van der Waals surface area contributed by atoms with Gasteiger partial charge in [-0.05, 0) is 43.9 Å². The van der Waals surface area contributed by atoms with Crippen molar-refractivity contribution in [2.45, 2.75) is 45.6 Å². The van der Waals surface area contributed by atoms with Crippen LogP contribution in [0.2, 0.25) is 0 Å². The summed E-state index contributed by atoms with van der Waals surface area (Å²) in [6, 6.07) is 1.36. The van der Waals surface area contributed by atoms with E-state index in [2.05, 4.69) is 0 Å². The molecule has 1 aromatic carbocycles. The van der Waals surface area contributed by atoms with E-state index in [1.54, 1.807) is 32.9 Å². The van der Waals surface area contributed by atoms with Crippen LogP contribution in [0.25, 0.3) is 0 Å². The van der Waals surface area contributed by atoms with Gasteiger partial charge in [0.05, 0.1) is 0 Å². The third kappa shape index (κ3) is 4.36. The van der Waals surface area contributed by atoms with Gasteiger partial charge in [0.15, 0.2) is 5.92 Å². The highest BCUT2D eigenvalue weighted by Crippen LogP contribution is 2.41. The number of rotatable bonds is 3. The smallest absolute Gasteiger partial charge is 0.327 e. The highest BCUT2D eigenvalue weighted by Gasteiger charge is 2.59. The standard InChI is InChI=1S/C14H17F6N/c1-7-4-8(2)10(9(3)5-7)6-11(21)12(13(15,16)17)14(18,19)20/h4-5,11-12H,6,21H2,1-3H3. The Labute approximate surface area is 119 Å². The number of aryl methyl sites for hydroxylation is 3. The van der Waals surface area contributed by atoms with Gasteiger partial charge in [-0.1, -0.05) is 17.7 Å². The van der Waals surface area contributed by atoms with Gasteiger partial charge in [0.25, 0.3) is 0 Å². The highest BCUT2D eigenvalue weighted by molar-refractivity contribution is 5.38. The van der Waals surface area contributed by atoms with E-state index in [1.807, 2.05) is 0 Å². The van der Waals surface area contributed by atoms with Crippen LogP contribution in [0.15, 0.2) is 12.1 Å². The summed E-state index contributed by atoms with van der Waals surface area (Å²) in [6.07, 6.45) is -11.3. The van der Waals surface area contributed by atoms with Crippen molar-refractivity contribution in [1.82, 2.24) is 0 Å². The summed E-state index contributed by atoms with van der Waals surface area (Å²) < 4.78 is 75.8. The number of hydrogen-bond donors (Lipinski definition) is 1. The van der Waals surface area contributed by atoms with E-state index in [-0.39, 0.29) is 0 Å². The summed E-state index contributed by atoms with van der Waals surface area (Å²) in [5, 5.41) is 0. The minimum absolute atomic E-state index is 0.437. The Morgan fingerprint density at radius 3 is 1.62 bits per heavy atom. The Balaban J connectivity index is 3.12. The molecule has 0 aliphatic carbocycles. The van der Waals surface area contributed by atoms with Gasteiger partial charge in [-0.15, -0.1) is 0 Å². The molecule has 0 saturated carbocycles. The first kappa shape index (κ1) is 17.8. The van der Waals surface area contributed by atoms with Crippen molar-refractivity contribution >= 4 is 0 Å². The summed E-state index contributed by atoms with van der Waals surface area (Å²) in [5.41, 5.74) is 7.88. The minimum Gasteiger partial charge on any atom is -0.327 e. The van der Waals surface area contributed by atoms with Crippen LogP contribution in [-0.4, -0.2) is 18.4 Å². The van der Waals surface area contributed by atoms with E-state index in [1.165, 1.54) is 0 Å². The average molecular weight is 313 g/mol. The van der Waals surface area contributed by atoms with Crippen molar-refractivity contribution in [3.8, 4) is 0 Å². The fraction of sp³-hybridized carbons (Fsp3) is 0.571. The highest BCUT2D eigenvalue weighted by atomic mass is 19.4. The third-order valence-corrected chi connectivity index (χ3v) is 3.41. The molecule has 120 valence electrons. The maximum absolute atomic E-state index is 12.6. The van der Waals surface area contributed by atoms with Crippen molar-refractivity contribution in [3.05, 3.63) is 34.4 Å². The van der Waals surface area contributed by atoms with E-state index in [0.29, 0.717) is 16.7 Å². The van der Waals surface area contributed by atoms with Crippen molar-refractivity contribution in [1.29, 1.82) is 0 Å². The second-order valence-electron chi connectivity index (χ2n) is 5.31. The second kappa shape index (κ2) is 5.87. The molecule has 0 radical (unpaired) electrons. The molecule has 1 nitrogen and oxygen atoms in total. The predicted octanol–water partition coefficient (Wildman–Crippen LogP) is 4.22. The number of alkyl halides is 6. The first-order valence-electron chi connectivity index (χ1n) is 6.29. The minimum atomic E-state index is -5.41. The molecule has 1 aromatic rings. The molecule has 1 atom stereocenters. The molecule has 0 saturated heterocycles. The Bertz CT molecular complexity index is 466. The molecule has 21 heavy (non-hydrogen) atoms. The van der Waals surface area contributed by atoms with Gasteiger partial charge in [-0.25, -0.2) is 0 Å². The summed E-state index contributed by atoms with van der Waals surface area (Å²) in [4.78, 5) is 0. The largest absolute Gasteiger partial charge is 0.402 e. The van der Waals surface area contributed by atoms with Crippen LogP contribution in [0.4, 0.5) is 26.3 Å². The molecule has 0 aliphatic heterocycles. The SMILES string of the molecule is Cc1cc(C)c(CC(N)C(C(F)(F)F)C(F)(F)F)c(C)c1. The molecule has 0 spiro atoms. The first-order valence-corrected chi connectivity index (χ1v) is 6.29. The Morgan fingerprint density at radius 1 is 0.905 bits per heavy atom. The van der Waals surface area contributed by atoms with Crippen LogP contribution in [0.1, 0.15) is 22.3 Å². The van der Waals surface area contributed by atoms with E-state index < -0.39 is 30.7 Å². The zero-order valence-electron chi connectivity index (χ0n) is 11.9. The summed E-state index contributed by atoms with van der Waals surface area (Å²) in [5.74, 6) is -3.52. The molecule has 0 heterocycles. The van der Waals surface area contributed by atoms with Gasteiger partial charge < -0.3 is 5.73 Å². The van der Waals surface area contributed by atoms with Crippen LogP contribution >= 0.6 is 0 Å². The zero-order valence-corrected chi connectivity index (χ0v) is 11.9. The molecule has 0 fully saturated rings. The lowest BCUT2D eigenvalue weighted by Crippen LogP contribution is -2.49. The van der Waals surface area contributed by atoms with E-state index in [9.17, 15) is 26.3 Å². The quantitative estimate of drug-likeness (QED) is 0.831. The number of nitrogens with two attached hydrogens (primary N) is 1. The van der Waals surface area contributed by atoms with Gasteiger partial charge in [0.1, 0.15) is 0 Å². The zero-order chi connectivity index (χ0) is 16.6. The first-order chi connectivity index (χ1) is 9.34. The van der Waals surface area contributed by atoms with Crippen LogP contribution < -0.4 is 5.73 Å². The number of hydrogen-bond acceptors (Lipinski definition) is 1. The molecule has 0 amide bonds. The Kier molecular flexibility index (Phi) is 4.98. The van der Waals surface area contributed by atoms with Crippen LogP contribution in [0, 0.1) is 26.7 Å². The summed E-state index contributed by atoms with van der Waals surface area (Å²) >= 11 is 0.